The number of hydrogen-bond donors (Lipinski definition) is 0. The van der Waals surface area contributed by atoms with E-state index in [0.717, 1.165) is 56.3 Å². The summed E-state index contributed by atoms with van der Waals surface area (Å²) in [5.74, 6) is 3.53. The van der Waals surface area contributed by atoms with Crippen molar-refractivity contribution < 1.29 is 9.47 Å². The number of hydrogen-bond acceptors (Lipinski definition) is 4. The van der Waals surface area contributed by atoms with E-state index in [1.165, 1.54) is 38.9 Å². The van der Waals surface area contributed by atoms with Crippen molar-refractivity contribution in [2.24, 2.45) is 0 Å². The maximum absolute atomic E-state index is 6.72. The lowest BCUT2D eigenvalue weighted by Crippen LogP contribution is -2.15. The van der Waals surface area contributed by atoms with Gasteiger partial charge in [-0.2, -0.15) is 0 Å². The third-order valence-corrected chi connectivity index (χ3v) is 12.2. The second-order valence-corrected chi connectivity index (χ2v) is 16.2. The summed E-state index contributed by atoms with van der Waals surface area (Å²) in [6.45, 7) is 9.19. The summed E-state index contributed by atoms with van der Waals surface area (Å²) < 4.78 is 13.4. The highest BCUT2D eigenvalue weighted by Crippen LogP contribution is 2.58. The van der Waals surface area contributed by atoms with E-state index in [1.807, 2.05) is 12.1 Å². The number of rotatable bonds is 4. The Morgan fingerprint density at radius 1 is 0.375 bits per heavy atom. The first-order chi connectivity index (χ1) is 27.3. The molecule has 4 heteroatoms. The number of fused-ring (bicyclic) bond motifs is 9. The fourth-order valence-electron chi connectivity index (χ4n) is 9.26. The van der Waals surface area contributed by atoms with Crippen LogP contribution in [0.2, 0.25) is 0 Å². The van der Waals surface area contributed by atoms with E-state index in [2.05, 4.69) is 173 Å². The predicted molar refractivity (Wildman–Crippen MR) is 225 cm³/mol. The molecular weight excluding hydrogens is 685 g/mol. The van der Waals surface area contributed by atoms with E-state index in [1.54, 1.807) is 0 Å². The SMILES string of the molecule is CC1(C)c2ccccc2-c2ccc(-c3cc(-c4ccccc4)nc(-c4ccccc4-c4ccc5c(c4)Oc4ccc6c(c4O5)-c4ccccc4C6(C)C)n3)cc21. The highest BCUT2D eigenvalue weighted by atomic mass is 16.6. The molecule has 268 valence electrons. The molecule has 7 aromatic carbocycles. The second kappa shape index (κ2) is 11.9. The highest BCUT2D eigenvalue weighted by molar-refractivity contribution is 5.89. The monoisotopic (exact) mass is 722 g/mol. The molecule has 4 nitrogen and oxygen atoms in total. The number of benzene rings is 7. The topological polar surface area (TPSA) is 44.2 Å². The molecule has 1 aliphatic heterocycles. The quantitative estimate of drug-likeness (QED) is 0.181. The van der Waals surface area contributed by atoms with Crippen molar-refractivity contribution >= 4 is 0 Å². The Morgan fingerprint density at radius 2 is 0.964 bits per heavy atom. The standard InChI is InChI=1S/C52H38N2O2/c1-51(2)40-21-13-11-19-38(40)48-41(51)25-27-46-49(48)56-45-26-23-32(29-47(45)55-46)34-16-8-9-18-37(34)50-53-43(31-14-6-5-7-15-31)30-44(54-50)33-22-24-36-35-17-10-12-20-39(35)52(3,4)42(36)28-33/h5-30H,1-4H3. The van der Waals surface area contributed by atoms with Gasteiger partial charge in [-0.15, -0.1) is 0 Å². The summed E-state index contributed by atoms with van der Waals surface area (Å²) in [7, 11) is 0. The summed E-state index contributed by atoms with van der Waals surface area (Å²) in [4.78, 5) is 10.6. The van der Waals surface area contributed by atoms with Crippen molar-refractivity contribution in [2.45, 2.75) is 38.5 Å². The molecular formula is C52H38N2O2. The van der Waals surface area contributed by atoms with E-state index in [9.17, 15) is 0 Å². The minimum Gasteiger partial charge on any atom is -0.449 e. The van der Waals surface area contributed by atoms with Gasteiger partial charge in [0, 0.05) is 33.1 Å². The second-order valence-electron chi connectivity index (χ2n) is 16.2. The van der Waals surface area contributed by atoms with E-state index in [4.69, 9.17) is 19.4 Å². The van der Waals surface area contributed by atoms with Crippen LogP contribution in [0.4, 0.5) is 0 Å². The zero-order valence-electron chi connectivity index (χ0n) is 31.7. The molecule has 0 amide bonds. The third kappa shape index (κ3) is 4.78. The number of nitrogens with zero attached hydrogens (tertiary/aromatic N) is 2. The Bertz CT molecular complexity index is 2920. The van der Waals surface area contributed by atoms with Crippen molar-refractivity contribution in [1.82, 2.24) is 9.97 Å². The number of aromatic nitrogens is 2. The average Bonchev–Trinajstić information content (AvgIpc) is 3.62. The van der Waals surface area contributed by atoms with Crippen LogP contribution in [0, 0.1) is 0 Å². The maximum Gasteiger partial charge on any atom is 0.178 e. The lowest BCUT2D eigenvalue weighted by atomic mass is 9.82. The van der Waals surface area contributed by atoms with Gasteiger partial charge in [0.05, 0.1) is 11.4 Å². The van der Waals surface area contributed by atoms with Gasteiger partial charge >= 0.3 is 0 Å². The van der Waals surface area contributed by atoms with Gasteiger partial charge in [-0.3, -0.25) is 0 Å². The van der Waals surface area contributed by atoms with Crippen LogP contribution in [0.25, 0.3) is 67.3 Å². The molecule has 0 radical (unpaired) electrons. The van der Waals surface area contributed by atoms with Crippen molar-refractivity contribution in [3.8, 4) is 90.3 Å². The summed E-state index contributed by atoms with van der Waals surface area (Å²) in [6, 6.07) is 55.5. The molecule has 1 aromatic heterocycles. The summed E-state index contributed by atoms with van der Waals surface area (Å²) >= 11 is 0. The minimum atomic E-state index is -0.124. The molecule has 3 aliphatic rings. The summed E-state index contributed by atoms with van der Waals surface area (Å²) in [6.07, 6.45) is 0. The molecule has 0 spiro atoms. The van der Waals surface area contributed by atoms with Gasteiger partial charge < -0.3 is 9.47 Å². The van der Waals surface area contributed by atoms with Gasteiger partial charge in [0.2, 0.25) is 0 Å². The van der Waals surface area contributed by atoms with Crippen molar-refractivity contribution in [3.05, 3.63) is 180 Å². The molecule has 2 heterocycles. The fourth-order valence-corrected chi connectivity index (χ4v) is 9.26. The average molecular weight is 723 g/mol. The Hall–Kier alpha value is -6.78. The lowest BCUT2D eigenvalue weighted by molar-refractivity contribution is 0.360. The first-order valence-electron chi connectivity index (χ1n) is 19.3. The first kappa shape index (κ1) is 32.6. The Kier molecular flexibility index (Phi) is 6.91. The van der Waals surface area contributed by atoms with Crippen LogP contribution in [-0.4, -0.2) is 9.97 Å². The van der Waals surface area contributed by atoms with E-state index >= 15 is 0 Å². The van der Waals surface area contributed by atoms with Crippen LogP contribution in [0.3, 0.4) is 0 Å². The molecule has 11 rings (SSSR count). The molecule has 8 aromatic rings. The van der Waals surface area contributed by atoms with E-state index < -0.39 is 0 Å². The maximum atomic E-state index is 6.72. The van der Waals surface area contributed by atoms with Gasteiger partial charge in [0.25, 0.3) is 0 Å². The van der Waals surface area contributed by atoms with Gasteiger partial charge in [0.1, 0.15) is 0 Å². The molecule has 0 saturated carbocycles. The zero-order valence-corrected chi connectivity index (χ0v) is 31.7. The Balaban J connectivity index is 1.01. The first-order valence-corrected chi connectivity index (χ1v) is 19.3. The lowest BCUT2D eigenvalue weighted by Gasteiger charge is -2.25. The van der Waals surface area contributed by atoms with Crippen LogP contribution < -0.4 is 9.47 Å². The van der Waals surface area contributed by atoms with Crippen LogP contribution >= 0.6 is 0 Å². The fraction of sp³-hybridized carbons (Fsp3) is 0.115. The smallest absolute Gasteiger partial charge is 0.178 e. The molecule has 0 fully saturated rings. The molecule has 0 atom stereocenters. The van der Waals surface area contributed by atoms with Gasteiger partial charge in [0.15, 0.2) is 28.8 Å². The molecule has 2 aliphatic carbocycles. The molecule has 0 N–H and O–H groups in total. The van der Waals surface area contributed by atoms with Crippen molar-refractivity contribution in [1.29, 1.82) is 0 Å². The van der Waals surface area contributed by atoms with E-state index in [0.29, 0.717) is 17.3 Å². The summed E-state index contributed by atoms with van der Waals surface area (Å²) in [5.41, 5.74) is 16.7. The highest BCUT2D eigenvalue weighted by Gasteiger charge is 2.40. The van der Waals surface area contributed by atoms with Crippen LogP contribution in [-0.2, 0) is 10.8 Å². The minimum absolute atomic E-state index is 0.119. The Morgan fingerprint density at radius 3 is 1.75 bits per heavy atom. The molecule has 0 bridgehead atoms. The van der Waals surface area contributed by atoms with Gasteiger partial charge in [-0.05, 0) is 80.4 Å². The van der Waals surface area contributed by atoms with Crippen molar-refractivity contribution in [2.75, 3.05) is 0 Å². The largest absolute Gasteiger partial charge is 0.449 e. The third-order valence-electron chi connectivity index (χ3n) is 12.2. The molecule has 56 heavy (non-hydrogen) atoms. The summed E-state index contributed by atoms with van der Waals surface area (Å²) in [5, 5.41) is 0. The number of ether oxygens (including phenoxy) is 2. The van der Waals surface area contributed by atoms with E-state index in [-0.39, 0.29) is 10.8 Å². The molecule has 0 saturated heterocycles. The van der Waals surface area contributed by atoms with Crippen LogP contribution in [0.1, 0.15) is 49.9 Å². The van der Waals surface area contributed by atoms with Crippen LogP contribution in [0.15, 0.2) is 158 Å². The van der Waals surface area contributed by atoms with Crippen molar-refractivity contribution in [3.63, 3.8) is 0 Å². The van der Waals surface area contributed by atoms with Gasteiger partial charge in [-0.25, -0.2) is 9.97 Å². The van der Waals surface area contributed by atoms with Crippen LogP contribution in [0.5, 0.6) is 23.0 Å². The normalized spacial score (nSPS) is 14.6. The predicted octanol–water partition coefficient (Wildman–Crippen LogP) is 13.7. The zero-order chi connectivity index (χ0) is 37.8. The molecule has 0 unspecified atom stereocenters. The Labute approximate surface area is 327 Å². The van der Waals surface area contributed by atoms with Gasteiger partial charge in [-0.1, -0.05) is 155 Å².